The third-order valence-electron chi connectivity index (χ3n) is 4.65. The number of carbonyl (C=O) groups excluding carboxylic acids is 1. The Labute approximate surface area is 157 Å². The van der Waals surface area contributed by atoms with Crippen molar-refractivity contribution >= 4 is 5.97 Å². The van der Waals surface area contributed by atoms with E-state index in [-0.39, 0.29) is 16.8 Å². The molecule has 0 fully saturated rings. The zero-order chi connectivity index (χ0) is 19.9. The van der Waals surface area contributed by atoms with Crippen LogP contribution in [0.3, 0.4) is 0 Å². The van der Waals surface area contributed by atoms with Crippen LogP contribution in [0.25, 0.3) is 0 Å². The summed E-state index contributed by atoms with van der Waals surface area (Å²) in [5, 5.41) is 11.0. The Morgan fingerprint density at radius 2 is 1.88 bits per heavy atom. The molecule has 1 unspecified atom stereocenters. The highest BCUT2D eigenvalue weighted by atomic mass is 16.5. The molecule has 2 rings (SSSR count). The van der Waals surface area contributed by atoms with Gasteiger partial charge in [0.1, 0.15) is 17.1 Å². The minimum absolute atomic E-state index is 0.206. The molecule has 0 amide bonds. The van der Waals surface area contributed by atoms with Gasteiger partial charge in [0, 0.05) is 29.2 Å². The topological polar surface area (TPSA) is 55.8 Å². The number of phenols is 1. The summed E-state index contributed by atoms with van der Waals surface area (Å²) in [6.07, 6.45) is 3.78. The van der Waals surface area contributed by atoms with Crippen LogP contribution < -0.4 is 4.74 Å². The summed E-state index contributed by atoms with van der Waals surface area (Å²) in [5.74, 6) is 0.766. The third kappa shape index (κ3) is 4.05. The normalized spacial score (nSPS) is 20.2. The van der Waals surface area contributed by atoms with E-state index in [2.05, 4.69) is 41.5 Å². The van der Waals surface area contributed by atoms with Crippen molar-refractivity contribution < 1.29 is 19.4 Å². The van der Waals surface area contributed by atoms with E-state index >= 15 is 0 Å². The molecule has 0 saturated carbocycles. The third-order valence-corrected chi connectivity index (χ3v) is 4.65. The fourth-order valence-electron chi connectivity index (χ4n) is 3.50. The van der Waals surface area contributed by atoms with Crippen LogP contribution in [0.2, 0.25) is 0 Å². The van der Waals surface area contributed by atoms with E-state index in [1.54, 1.807) is 13.0 Å². The lowest BCUT2D eigenvalue weighted by molar-refractivity contribution is -0.137. The van der Waals surface area contributed by atoms with Gasteiger partial charge in [0.2, 0.25) is 0 Å². The van der Waals surface area contributed by atoms with Crippen LogP contribution in [0.1, 0.15) is 72.1 Å². The van der Waals surface area contributed by atoms with Crippen LogP contribution in [0, 0.1) is 0 Å². The lowest BCUT2D eigenvalue weighted by atomic mass is 9.76. The number of rotatable bonds is 3. The highest BCUT2D eigenvalue weighted by molar-refractivity contribution is 5.82. The van der Waals surface area contributed by atoms with Crippen LogP contribution in [-0.4, -0.2) is 23.3 Å². The zero-order valence-corrected chi connectivity index (χ0v) is 17.3. The number of benzene rings is 1. The Balaban J connectivity index is 2.53. The van der Waals surface area contributed by atoms with Gasteiger partial charge in [-0.05, 0) is 36.8 Å². The smallest absolute Gasteiger partial charge is 0.330 e. The number of esters is 1. The van der Waals surface area contributed by atoms with Gasteiger partial charge in [-0.15, -0.1) is 0 Å². The lowest BCUT2D eigenvalue weighted by Gasteiger charge is -2.29. The van der Waals surface area contributed by atoms with Gasteiger partial charge >= 0.3 is 5.97 Å². The average Bonchev–Trinajstić information content (AvgIpc) is 2.78. The quantitative estimate of drug-likeness (QED) is 0.621. The second-order valence-electron chi connectivity index (χ2n) is 9.30. The molecule has 1 aliphatic rings. The van der Waals surface area contributed by atoms with Gasteiger partial charge < -0.3 is 14.6 Å². The minimum atomic E-state index is -0.641. The maximum atomic E-state index is 11.7. The van der Waals surface area contributed by atoms with Crippen molar-refractivity contribution in [2.24, 2.45) is 0 Å². The first-order valence-corrected chi connectivity index (χ1v) is 9.23. The maximum Gasteiger partial charge on any atom is 0.330 e. The van der Waals surface area contributed by atoms with Crippen molar-refractivity contribution in [3.63, 3.8) is 0 Å². The molecular formula is C22H32O4. The summed E-state index contributed by atoms with van der Waals surface area (Å²) in [7, 11) is 0. The fraction of sp³-hybridized carbons (Fsp3) is 0.591. The first-order chi connectivity index (χ1) is 11.8. The summed E-state index contributed by atoms with van der Waals surface area (Å²) in [6, 6.07) is 1.95. The van der Waals surface area contributed by atoms with Crippen LogP contribution in [0.15, 0.2) is 18.2 Å². The van der Waals surface area contributed by atoms with Crippen molar-refractivity contribution in [1.82, 2.24) is 0 Å². The molecule has 4 heteroatoms. The molecule has 144 valence electrons. The Kier molecular flexibility index (Phi) is 5.19. The van der Waals surface area contributed by atoms with Gasteiger partial charge in [0.25, 0.3) is 0 Å². The van der Waals surface area contributed by atoms with Crippen LogP contribution in [0.5, 0.6) is 11.5 Å². The van der Waals surface area contributed by atoms with Crippen LogP contribution >= 0.6 is 0 Å². The molecule has 26 heavy (non-hydrogen) atoms. The molecule has 1 aromatic carbocycles. The number of ether oxygens (including phenoxy) is 2. The standard InChI is InChI=1S/C22H32O4/c1-9-25-17(23)10-11-22(8)13-14-16(26-22)12-15(20(2,3)4)19(24)18(14)21(5,6)7/h10-12,24H,9,13H2,1-8H3. The maximum absolute atomic E-state index is 11.7. The van der Waals surface area contributed by atoms with Gasteiger partial charge in [0.15, 0.2) is 0 Å². The van der Waals surface area contributed by atoms with E-state index in [1.165, 1.54) is 6.08 Å². The Hall–Kier alpha value is -1.97. The Morgan fingerprint density at radius 1 is 1.27 bits per heavy atom. The second kappa shape index (κ2) is 6.64. The zero-order valence-electron chi connectivity index (χ0n) is 17.3. The van der Waals surface area contributed by atoms with E-state index in [4.69, 9.17) is 9.47 Å². The molecule has 1 aromatic rings. The summed E-state index contributed by atoms with van der Waals surface area (Å²) in [6.45, 7) is 16.6. The molecule has 0 aromatic heterocycles. The van der Waals surface area contributed by atoms with Crippen molar-refractivity contribution in [3.8, 4) is 11.5 Å². The van der Waals surface area contributed by atoms with E-state index < -0.39 is 5.60 Å². The molecule has 4 nitrogen and oxygen atoms in total. The highest BCUT2D eigenvalue weighted by Crippen LogP contribution is 2.49. The number of hydrogen-bond donors (Lipinski definition) is 1. The first kappa shape index (κ1) is 20.3. The van der Waals surface area contributed by atoms with Gasteiger partial charge in [-0.25, -0.2) is 4.79 Å². The average molecular weight is 360 g/mol. The minimum Gasteiger partial charge on any atom is -0.507 e. The van der Waals surface area contributed by atoms with Gasteiger partial charge in [0.05, 0.1) is 6.61 Å². The van der Waals surface area contributed by atoms with Crippen LogP contribution in [-0.2, 0) is 26.8 Å². The number of hydrogen-bond acceptors (Lipinski definition) is 4. The van der Waals surface area contributed by atoms with Gasteiger partial charge in [-0.3, -0.25) is 0 Å². The number of aromatic hydroxyl groups is 1. The Morgan fingerprint density at radius 3 is 2.38 bits per heavy atom. The number of phenolic OH excluding ortho intramolecular Hbond substituents is 1. The van der Waals surface area contributed by atoms with Crippen molar-refractivity contribution in [1.29, 1.82) is 0 Å². The van der Waals surface area contributed by atoms with E-state index in [0.29, 0.717) is 18.8 Å². The SMILES string of the molecule is CCOC(=O)C=CC1(C)Cc2c(cc(C(C)(C)C)c(O)c2C(C)(C)C)O1. The number of fused-ring (bicyclic) bond motifs is 1. The molecule has 1 atom stereocenters. The van der Waals surface area contributed by atoms with Gasteiger partial charge in [-0.1, -0.05) is 41.5 Å². The molecule has 1 N–H and O–H groups in total. The van der Waals surface area contributed by atoms with E-state index in [1.807, 2.05) is 13.0 Å². The predicted molar refractivity (Wildman–Crippen MR) is 104 cm³/mol. The molecule has 0 spiro atoms. The lowest BCUT2D eigenvalue weighted by Crippen LogP contribution is -2.28. The summed E-state index contributed by atoms with van der Waals surface area (Å²) < 4.78 is 11.2. The molecule has 1 heterocycles. The second-order valence-corrected chi connectivity index (χ2v) is 9.30. The largest absolute Gasteiger partial charge is 0.507 e. The Bertz CT molecular complexity index is 732. The summed E-state index contributed by atoms with van der Waals surface area (Å²) in [4.78, 5) is 11.7. The summed E-state index contributed by atoms with van der Waals surface area (Å²) >= 11 is 0. The molecule has 0 radical (unpaired) electrons. The highest BCUT2D eigenvalue weighted by Gasteiger charge is 2.40. The molecule has 0 aliphatic carbocycles. The van der Waals surface area contributed by atoms with Crippen molar-refractivity contribution in [2.45, 2.75) is 78.2 Å². The number of carbonyl (C=O) groups is 1. The monoisotopic (exact) mass is 360 g/mol. The fourth-order valence-corrected chi connectivity index (χ4v) is 3.50. The first-order valence-electron chi connectivity index (χ1n) is 9.23. The van der Waals surface area contributed by atoms with E-state index in [9.17, 15) is 9.90 Å². The van der Waals surface area contributed by atoms with Crippen molar-refractivity contribution in [2.75, 3.05) is 6.61 Å². The van der Waals surface area contributed by atoms with Crippen molar-refractivity contribution in [3.05, 3.63) is 34.9 Å². The molecule has 0 saturated heterocycles. The van der Waals surface area contributed by atoms with Crippen LogP contribution in [0.4, 0.5) is 0 Å². The molecule has 0 bridgehead atoms. The molecular weight excluding hydrogens is 328 g/mol. The predicted octanol–water partition coefficient (Wildman–Crippen LogP) is 4.80. The van der Waals surface area contributed by atoms with Gasteiger partial charge in [-0.2, -0.15) is 0 Å². The molecule has 1 aliphatic heterocycles. The van der Waals surface area contributed by atoms with E-state index in [0.717, 1.165) is 22.4 Å². The summed E-state index contributed by atoms with van der Waals surface area (Å²) in [5.41, 5.74) is 1.74.